The second kappa shape index (κ2) is 7.53. The summed E-state index contributed by atoms with van der Waals surface area (Å²) in [5, 5.41) is 2.06. The van der Waals surface area contributed by atoms with Gasteiger partial charge in [0.05, 0.1) is 20.3 Å². The third kappa shape index (κ3) is 3.46. The molecule has 0 radical (unpaired) electrons. The summed E-state index contributed by atoms with van der Waals surface area (Å²) in [6.45, 7) is 0.811. The SMILES string of the molecule is COc1ccc(/C=C/C(=O)N2CCCC2c2cccs2)c(OC)c1. The van der Waals surface area contributed by atoms with Crippen LogP contribution in [0.3, 0.4) is 0 Å². The molecule has 3 rings (SSSR count). The predicted octanol–water partition coefficient (Wildman–Crippen LogP) is 4.14. The Hall–Kier alpha value is -2.27. The first kappa shape index (κ1) is 16.6. The third-order valence-electron chi connectivity index (χ3n) is 4.25. The Balaban J connectivity index is 1.75. The molecule has 2 aromatic rings. The number of rotatable bonds is 5. The van der Waals surface area contributed by atoms with Crippen LogP contribution in [0.25, 0.3) is 6.08 Å². The molecule has 1 aliphatic rings. The molecule has 0 N–H and O–H groups in total. The molecule has 1 fully saturated rings. The number of likely N-dealkylation sites (tertiary alicyclic amines) is 1. The first-order valence-corrected chi connectivity index (χ1v) is 8.85. The van der Waals surface area contributed by atoms with E-state index in [1.54, 1.807) is 31.6 Å². The van der Waals surface area contributed by atoms with Crippen LogP contribution in [-0.4, -0.2) is 31.6 Å². The monoisotopic (exact) mass is 343 g/mol. The molecule has 4 nitrogen and oxygen atoms in total. The van der Waals surface area contributed by atoms with E-state index < -0.39 is 0 Å². The van der Waals surface area contributed by atoms with Crippen molar-refractivity contribution in [3.63, 3.8) is 0 Å². The molecule has 24 heavy (non-hydrogen) atoms. The van der Waals surface area contributed by atoms with Gasteiger partial charge in [0.1, 0.15) is 11.5 Å². The van der Waals surface area contributed by atoms with Gasteiger partial charge >= 0.3 is 0 Å². The summed E-state index contributed by atoms with van der Waals surface area (Å²) in [6, 6.07) is 9.92. The normalized spacial score (nSPS) is 17.4. The average Bonchev–Trinajstić information content (AvgIpc) is 3.30. The number of carbonyl (C=O) groups excluding carboxylic acids is 1. The Labute approximate surface area is 146 Å². The second-order valence-electron chi connectivity index (χ2n) is 5.65. The Morgan fingerprint density at radius 1 is 1.29 bits per heavy atom. The first-order chi connectivity index (χ1) is 11.7. The highest BCUT2D eigenvalue weighted by Crippen LogP contribution is 2.34. The van der Waals surface area contributed by atoms with Crippen LogP contribution in [0.5, 0.6) is 11.5 Å². The van der Waals surface area contributed by atoms with E-state index in [2.05, 4.69) is 11.4 Å². The van der Waals surface area contributed by atoms with Gasteiger partial charge in [-0.1, -0.05) is 6.07 Å². The Morgan fingerprint density at radius 2 is 2.17 bits per heavy atom. The fourth-order valence-corrected chi connectivity index (χ4v) is 3.89. The maximum absolute atomic E-state index is 12.6. The van der Waals surface area contributed by atoms with Gasteiger partial charge in [0, 0.05) is 29.1 Å². The zero-order valence-electron chi connectivity index (χ0n) is 13.9. The van der Waals surface area contributed by atoms with Crippen LogP contribution in [0, 0.1) is 0 Å². The summed E-state index contributed by atoms with van der Waals surface area (Å²) < 4.78 is 10.6. The minimum atomic E-state index is 0.0452. The largest absolute Gasteiger partial charge is 0.497 e. The Kier molecular flexibility index (Phi) is 5.20. The lowest BCUT2D eigenvalue weighted by molar-refractivity contribution is -0.126. The summed E-state index contributed by atoms with van der Waals surface area (Å²) in [5.41, 5.74) is 0.860. The quantitative estimate of drug-likeness (QED) is 0.766. The predicted molar refractivity (Wildman–Crippen MR) is 96.6 cm³/mol. The molecule has 1 unspecified atom stereocenters. The number of carbonyl (C=O) groups is 1. The highest BCUT2D eigenvalue weighted by atomic mass is 32.1. The van der Waals surface area contributed by atoms with Gasteiger partial charge in [0.15, 0.2) is 0 Å². The van der Waals surface area contributed by atoms with E-state index in [4.69, 9.17) is 9.47 Å². The molecular weight excluding hydrogens is 322 g/mol. The van der Waals surface area contributed by atoms with E-state index >= 15 is 0 Å². The molecule has 1 aromatic carbocycles. The molecule has 5 heteroatoms. The maximum atomic E-state index is 12.6. The van der Waals surface area contributed by atoms with Crippen molar-refractivity contribution in [2.75, 3.05) is 20.8 Å². The van der Waals surface area contributed by atoms with Gasteiger partial charge in [-0.05, 0) is 42.5 Å². The van der Waals surface area contributed by atoms with Crippen LogP contribution in [-0.2, 0) is 4.79 Å². The zero-order chi connectivity index (χ0) is 16.9. The number of amides is 1. The lowest BCUT2D eigenvalue weighted by Crippen LogP contribution is -2.28. The van der Waals surface area contributed by atoms with Crippen molar-refractivity contribution in [2.24, 2.45) is 0 Å². The van der Waals surface area contributed by atoms with Crippen LogP contribution >= 0.6 is 11.3 Å². The molecule has 0 saturated carbocycles. The maximum Gasteiger partial charge on any atom is 0.247 e. The fourth-order valence-electron chi connectivity index (χ4n) is 3.02. The molecule has 0 bridgehead atoms. The molecule has 1 saturated heterocycles. The van der Waals surface area contributed by atoms with Gasteiger partial charge in [-0.3, -0.25) is 4.79 Å². The topological polar surface area (TPSA) is 38.8 Å². The summed E-state index contributed by atoms with van der Waals surface area (Å²) in [6.07, 6.45) is 5.53. The zero-order valence-corrected chi connectivity index (χ0v) is 14.7. The summed E-state index contributed by atoms with van der Waals surface area (Å²) in [5.74, 6) is 1.46. The van der Waals surface area contributed by atoms with E-state index in [0.29, 0.717) is 5.75 Å². The summed E-state index contributed by atoms with van der Waals surface area (Å²) >= 11 is 1.71. The number of hydrogen-bond acceptors (Lipinski definition) is 4. The van der Waals surface area contributed by atoms with Crippen molar-refractivity contribution in [2.45, 2.75) is 18.9 Å². The highest BCUT2D eigenvalue weighted by molar-refractivity contribution is 7.10. The van der Waals surface area contributed by atoms with E-state index in [9.17, 15) is 4.79 Å². The highest BCUT2D eigenvalue weighted by Gasteiger charge is 2.29. The minimum absolute atomic E-state index is 0.0452. The molecule has 1 atom stereocenters. The van der Waals surface area contributed by atoms with Gasteiger partial charge < -0.3 is 14.4 Å². The van der Waals surface area contributed by atoms with Crippen molar-refractivity contribution in [3.8, 4) is 11.5 Å². The molecule has 1 aliphatic heterocycles. The van der Waals surface area contributed by atoms with Crippen molar-refractivity contribution >= 4 is 23.3 Å². The molecule has 2 heterocycles. The molecular formula is C19H21NO3S. The Morgan fingerprint density at radius 3 is 2.88 bits per heavy atom. The molecule has 0 spiro atoms. The number of methoxy groups -OCH3 is 2. The van der Waals surface area contributed by atoms with Crippen LogP contribution in [0.4, 0.5) is 0 Å². The number of thiophene rings is 1. The number of benzene rings is 1. The van der Waals surface area contributed by atoms with E-state index in [-0.39, 0.29) is 11.9 Å². The number of ether oxygens (including phenoxy) is 2. The number of nitrogens with zero attached hydrogens (tertiary/aromatic N) is 1. The van der Waals surface area contributed by atoms with Gasteiger partial charge in [0.2, 0.25) is 5.91 Å². The van der Waals surface area contributed by atoms with Gasteiger partial charge in [-0.2, -0.15) is 0 Å². The lowest BCUT2D eigenvalue weighted by atomic mass is 10.1. The van der Waals surface area contributed by atoms with Crippen LogP contribution in [0.2, 0.25) is 0 Å². The van der Waals surface area contributed by atoms with E-state index in [1.807, 2.05) is 35.2 Å². The van der Waals surface area contributed by atoms with Crippen LogP contribution in [0.15, 0.2) is 41.8 Å². The van der Waals surface area contributed by atoms with Crippen LogP contribution < -0.4 is 9.47 Å². The average molecular weight is 343 g/mol. The minimum Gasteiger partial charge on any atom is -0.497 e. The second-order valence-corrected chi connectivity index (χ2v) is 6.63. The molecule has 1 amide bonds. The van der Waals surface area contributed by atoms with Gasteiger partial charge in [-0.25, -0.2) is 0 Å². The fraction of sp³-hybridized carbons (Fsp3) is 0.316. The Bertz CT molecular complexity index is 724. The molecule has 0 aliphatic carbocycles. The van der Waals surface area contributed by atoms with Crippen molar-refractivity contribution in [3.05, 3.63) is 52.2 Å². The first-order valence-electron chi connectivity index (χ1n) is 7.97. The van der Waals surface area contributed by atoms with Crippen molar-refractivity contribution in [1.82, 2.24) is 4.90 Å². The summed E-state index contributed by atoms with van der Waals surface area (Å²) in [7, 11) is 3.23. The third-order valence-corrected chi connectivity index (χ3v) is 5.23. The van der Waals surface area contributed by atoms with Gasteiger partial charge in [0.25, 0.3) is 0 Å². The standard InChI is InChI=1S/C19H21NO3S/c1-22-15-9-7-14(17(13-15)23-2)8-10-19(21)20-11-3-5-16(20)18-6-4-12-24-18/h4,6-10,12-13,16H,3,5,11H2,1-2H3/b10-8+. The van der Waals surface area contributed by atoms with E-state index in [0.717, 1.165) is 30.7 Å². The van der Waals surface area contributed by atoms with Crippen molar-refractivity contribution in [1.29, 1.82) is 0 Å². The van der Waals surface area contributed by atoms with E-state index in [1.165, 1.54) is 4.88 Å². The smallest absolute Gasteiger partial charge is 0.247 e. The van der Waals surface area contributed by atoms with Crippen molar-refractivity contribution < 1.29 is 14.3 Å². The van der Waals surface area contributed by atoms with Gasteiger partial charge in [-0.15, -0.1) is 11.3 Å². The lowest BCUT2D eigenvalue weighted by Gasteiger charge is -2.22. The summed E-state index contributed by atoms with van der Waals surface area (Å²) in [4.78, 5) is 15.8. The number of hydrogen-bond donors (Lipinski definition) is 0. The molecule has 126 valence electrons. The van der Waals surface area contributed by atoms with Crippen LogP contribution in [0.1, 0.15) is 29.3 Å². The molecule has 1 aromatic heterocycles.